The summed E-state index contributed by atoms with van der Waals surface area (Å²) in [7, 11) is 0. The zero-order valence-electron chi connectivity index (χ0n) is 12.0. The fourth-order valence-corrected chi connectivity index (χ4v) is 2.89. The minimum absolute atomic E-state index is 0.170. The molecule has 1 heterocycles. The highest BCUT2D eigenvalue weighted by Crippen LogP contribution is 2.18. The molecule has 1 aromatic carbocycles. The second-order valence-corrected chi connectivity index (χ2v) is 5.83. The number of unbranched alkanes of at least 4 members (excludes halogenated alkanes) is 2. The van der Waals surface area contributed by atoms with Gasteiger partial charge in [0.2, 0.25) is 0 Å². The third-order valence-electron chi connectivity index (χ3n) is 3.85. The van der Waals surface area contributed by atoms with Gasteiger partial charge in [-0.05, 0) is 63.9 Å². The molecule has 0 spiro atoms. The van der Waals surface area contributed by atoms with Gasteiger partial charge < -0.3 is 4.90 Å². The maximum atomic E-state index is 12.0. The van der Waals surface area contributed by atoms with Crippen molar-refractivity contribution in [2.24, 2.45) is 0 Å². The van der Waals surface area contributed by atoms with Crippen molar-refractivity contribution in [1.29, 1.82) is 0 Å². The maximum absolute atomic E-state index is 12.0. The van der Waals surface area contributed by atoms with Gasteiger partial charge in [0.05, 0.1) is 5.02 Å². The molecule has 2 rings (SSSR count). The van der Waals surface area contributed by atoms with E-state index in [1.54, 1.807) is 6.07 Å². The lowest BCUT2D eigenvalue weighted by Crippen LogP contribution is -2.30. The van der Waals surface area contributed by atoms with Crippen LogP contribution in [-0.2, 0) is 0 Å². The first-order valence-corrected chi connectivity index (χ1v) is 7.97. The fourth-order valence-electron chi connectivity index (χ4n) is 2.65. The Morgan fingerprint density at radius 2 is 1.85 bits per heavy atom. The van der Waals surface area contributed by atoms with Crippen LogP contribution in [0.1, 0.15) is 48.9 Å². The molecule has 1 fully saturated rings. The van der Waals surface area contributed by atoms with E-state index in [-0.39, 0.29) is 5.78 Å². The number of piperidine rings is 1. The van der Waals surface area contributed by atoms with Crippen LogP contribution in [0.2, 0.25) is 5.02 Å². The van der Waals surface area contributed by atoms with Crippen molar-refractivity contribution in [2.45, 2.75) is 38.5 Å². The van der Waals surface area contributed by atoms with Crippen molar-refractivity contribution in [1.82, 2.24) is 4.90 Å². The SMILES string of the molecule is O=C(CCCCCN1CC[CH]CC1)c1ccccc1Cl. The molecule has 20 heavy (non-hydrogen) atoms. The summed E-state index contributed by atoms with van der Waals surface area (Å²) >= 11 is 6.03. The van der Waals surface area contributed by atoms with Crippen LogP contribution >= 0.6 is 11.6 Å². The molecule has 1 saturated heterocycles. The van der Waals surface area contributed by atoms with Gasteiger partial charge in [-0.25, -0.2) is 0 Å². The van der Waals surface area contributed by atoms with E-state index in [2.05, 4.69) is 11.3 Å². The van der Waals surface area contributed by atoms with Crippen LogP contribution in [0, 0.1) is 6.42 Å². The molecule has 1 aliphatic heterocycles. The molecule has 109 valence electrons. The molecule has 0 aliphatic carbocycles. The molecule has 1 aromatic rings. The summed E-state index contributed by atoms with van der Waals surface area (Å²) in [5, 5.41) is 0.571. The van der Waals surface area contributed by atoms with Crippen LogP contribution in [0.5, 0.6) is 0 Å². The van der Waals surface area contributed by atoms with Crippen LogP contribution in [0.25, 0.3) is 0 Å². The highest BCUT2D eigenvalue weighted by atomic mass is 35.5. The molecule has 0 atom stereocenters. The summed E-state index contributed by atoms with van der Waals surface area (Å²) in [6.45, 7) is 3.59. The smallest absolute Gasteiger partial charge is 0.164 e. The second-order valence-electron chi connectivity index (χ2n) is 5.42. The standard InChI is InChI=1S/C17H23ClNO/c18-16-10-5-4-9-15(16)17(20)11-3-1-6-12-19-13-7-2-8-14-19/h2,4-5,9-10H,1,3,6-8,11-14H2. The first-order valence-electron chi connectivity index (χ1n) is 7.59. The lowest BCUT2D eigenvalue weighted by molar-refractivity contribution is 0.0979. The summed E-state index contributed by atoms with van der Waals surface area (Å²) < 4.78 is 0. The van der Waals surface area contributed by atoms with Gasteiger partial charge in [-0.3, -0.25) is 4.79 Å². The Morgan fingerprint density at radius 3 is 2.60 bits per heavy atom. The quantitative estimate of drug-likeness (QED) is 0.549. The van der Waals surface area contributed by atoms with Crippen LogP contribution < -0.4 is 0 Å². The zero-order chi connectivity index (χ0) is 14.2. The molecule has 0 bridgehead atoms. The fraction of sp³-hybridized carbons (Fsp3) is 0.529. The Hall–Kier alpha value is -0.860. The van der Waals surface area contributed by atoms with Crippen molar-refractivity contribution >= 4 is 17.4 Å². The normalized spacial score (nSPS) is 16.2. The Bertz CT molecular complexity index is 427. The van der Waals surface area contributed by atoms with Crippen LogP contribution in [0.4, 0.5) is 0 Å². The molecule has 1 radical (unpaired) electrons. The number of Topliss-reactive ketones (excluding diaryl/α,β-unsaturated/α-hetero) is 1. The van der Waals surface area contributed by atoms with Crippen LogP contribution in [-0.4, -0.2) is 30.3 Å². The molecule has 0 amide bonds. The number of benzene rings is 1. The van der Waals surface area contributed by atoms with E-state index in [1.165, 1.54) is 38.9 Å². The van der Waals surface area contributed by atoms with Gasteiger partial charge in [0, 0.05) is 12.0 Å². The van der Waals surface area contributed by atoms with Gasteiger partial charge in [0.1, 0.15) is 0 Å². The highest BCUT2D eigenvalue weighted by molar-refractivity contribution is 6.33. The number of hydrogen-bond donors (Lipinski definition) is 0. The van der Waals surface area contributed by atoms with Crippen molar-refractivity contribution < 1.29 is 4.79 Å². The van der Waals surface area contributed by atoms with Gasteiger partial charge in [-0.15, -0.1) is 0 Å². The Labute approximate surface area is 127 Å². The van der Waals surface area contributed by atoms with E-state index in [0.29, 0.717) is 17.0 Å². The monoisotopic (exact) mass is 292 g/mol. The topological polar surface area (TPSA) is 20.3 Å². The van der Waals surface area contributed by atoms with E-state index in [4.69, 9.17) is 11.6 Å². The van der Waals surface area contributed by atoms with Crippen LogP contribution in [0.15, 0.2) is 24.3 Å². The summed E-state index contributed by atoms with van der Waals surface area (Å²) in [6.07, 6.45) is 8.71. The summed E-state index contributed by atoms with van der Waals surface area (Å²) in [6, 6.07) is 7.32. The van der Waals surface area contributed by atoms with E-state index in [9.17, 15) is 4.79 Å². The third-order valence-corrected chi connectivity index (χ3v) is 4.18. The average molecular weight is 293 g/mol. The number of nitrogens with zero attached hydrogens (tertiary/aromatic N) is 1. The van der Waals surface area contributed by atoms with Crippen molar-refractivity contribution in [3.8, 4) is 0 Å². The number of carbonyl (C=O) groups excluding carboxylic acids is 1. The van der Waals surface area contributed by atoms with E-state index >= 15 is 0 Å². The first kappa shape index (κ1) is 15.5. The van der Waals surface area contributed by atoms with Gasteiger partial charge in [0.25, 0.3) is 0 Å². The Morgan fingerprint density at radius 1 is 1.10 bits per heavy atom. The van der Waals surface area contributed by atoms with Gasteiger partial charge in [-0.1, -0.05) is 30.2 Å². The Kier molecular flexibility index (Phi) is 6.55. The lowest BCUT2D eigenvalue weighted by atomic mass is 10.0. The molecule has 0 unspecified atom stereocenters. The zero-order valence-corrected chi connectivity index (χ0v) is 12.7. The molecular weight excluding hydrogens is 270 g/mol. The molecule has 0 saturated carbocycles. The van der Waals surface area contributed by atoms with E-state index < -0.39 is 0 Å². The van der Waals surface area contributed by atoms with Gasteiger partial charge in [-0.2, -0.15) is 0 Å². The van der Waals surface area contributed by atoms with Gasteiger partial charge >= 0.3 is 0 Å². The second kappa shape index (κ2) is 8.43. The average Bonchev–Trinajstić information content (AvgIpc) is 2.48. The number of carbonyl (C=O) groups is 1. The molecule has 2 nitrogen and oxygen atoms in total. The van der Waals surface area contributed by atoms with E-state index in [1.807, 2.05) is 18.2 Å². The Balaban J connectivity index is 1.61. The van der Waals surface area contributed by atoms with Crippen molar-refractivity contribution in [3.05, 3.63) is 41.3 Å². The minimum Gasteiger partial charge on any atom is -0.303 e. The summed E-state index contributed by atoms with van der Waals surface area (Å²) in [4.78, 5) is 14.6. The van der Waals surface area contributed by atoms with Crippen molar-refractivity contribution in [3.63, 3.8) is 0 Å². The summed E-state index contributed by atoms with van der Waals surface area (Å²) in [5.74, 6) is 0.170. The molecule has 0 N–H and O–H groups in total. The minimum atomic E-state index is 0.170. The highest BCUT2D eigenvalue weighted by Gasteiger charge is 2.11. The number of likely N-dealkylation sites (tertiary alicyclic amines) is 1. The van der Waals surface area contributed by atoms with Crippen LogP contribution in [0.3, 0.4) is 0 Å². The molecular formula is C17H23ClNO. The van der Waals surface area contributed by atoms with Gasteiger partial charge in [0.15, 0.2) is 5.78 Å². The molecule has 0 aromatic heterocycles. The first-order chi connectivity index (χ1) is 9.77. The largest absolute Gasteiger partial charge is 0.303 e. The predicted molar refractivity (Wildman–Crippen MR) is 84.2 cm³/mol. The predicted octanol–water partition coefficient (Wildman–Crippen LogP) is 4.38. The third kappa shape index (κ3) is 4.92. The maximum Gasteiger partial charge on any atom is 0.164 e. The summed E-state index contributed by atoms with van der Waals surface area (Å²) in [5.41, 5.74) is 0.667. The van der Waals surface area contributed by atoms with Crippen molar-refractivity contribution in [2.75, 3.05) is 19.6 Å². The molecule has 3 heteroatoms. The number of hydrogen-bond acceptors (Lipinski definition) is 2. The number of ketones is 1. The van der Waals surface area contributed by atoms with E-state index in [0.717, 1.165) is 12.8 Å². The lowest BCUT2D eigenvalue weighted by Gasteiger charge is -2.26. The number of halogens is 1. The number of rotatable bonds is 7. The molecule has 1 aliphatic rings.